The minimum absolute atomic E-state index is 0.638. The molecule has 0 heterocycles. The second-order valence-electron chi connectivity index (χ2n) is 3.46. The van der Waals surface area contributed by atoms with Gasteiger partial charge in [-0.3, -0.25) is 0 Å². The van der Waals surface area contributed by atoms with E-state index in [2.05, 4.69) is 33.0 Å². The fourth-order valence-corrected chi connectivity index (χ4v) is 1.03. The summed E-state index contributed by atoms with van der Waals surface area (Å²) in [5.41, 5.74) is 0. The maximum Gasteiger partial charge on any atom is 0.00104 e. The standard InChI is InChI=1S/C9H21N/c1-5-6-9(4)7-10-8(2)3/h8-10H,5-7H2,1-4H3/t9-/m1/s1. The fraction of sp³-hybridized carbons (Fsp3) is 1.00. The summed E-state index contributed by atoms with van der Waals surface area (Å²) in [5.74, 6) is 0.840. The number of hydrogen-bond donors (Lipinski definition) is 1. The molecule has 62 valence electrons. The van der Waals surface area contributed by atoms with E-state index < -0.39 is 0 Å². The molecule has 1 heteroatoms. The van der Waals surface area contributed by atoms with Crippen molar-refractivity contribution in [2.45, 2.75) is 46.6 Å². The number of nitrogens with one attached hydrogen (secondary N) is 1. The van der Waals surface area contributed by atoms with Gasteiger partial charge >= 0.3 is 0 Å². The van der Waals surface area contributed by atoms with Crippen molar-refractivity contribution in [2.75, 3.05) is 6.54 Å². The molecule has 1 atom stereocenters. The third-order valence-electron chi connectivity index (χ3n) is 1.66. The molecular formula is C9H21N. The third-order valence-corrected chi connectivity index (χ3v) is 1.66. The smallest absolute Gasteiger partial charge is 0.00104 e. The minimum Gasteiger partial charge on any atom is -0.314 e. The largest absolute Gasteiger partial charge is 0.314 e. The summed E-state index contributed by atoms with van der Waals surface area (Å²) in [5, 5.41) is 3.43. The van der Waals surface area contributed by atoms with E-state index in [0.717, 1.165) is 5.92 Å². The van der Waals surface area contributed by atoms with Crippen molar-refractivity contribution in [3.63, 3.8) is 0 Å². The van der Waals surface area contributed by atoms with E-state index in [0.29, 0.717) is 6.04 Å². The first kappa shape index (κ1) is 9.96. The topological polar surface area (TPSA) is 12.0 Å². The van der Waals surface area contributed by atoms with Crippen LogP contribution in [0.2, 0.25) is 0 Å². The Kier molecular flexibility index (Phi) is 5.70. The van der Waals surface area contributed by atoms with Crippen LogP contribution < -0.4 is 5.32 Å². The normalized spacial score (nSPS) is 14.1. The molecule has 0 saturated carbocycles. The highest BCUT2D eigenvalue weighted by Crippen LogP contribution is 2.02. The predicted molar refractivity (Wildman–Crippen MR) is 47.2 cm³/mol. The summed E-state index contributed by atoms with van der Waals surface area (Å²) in [6.45, 7) is 10.1. The number of rotatable bonds is 5. The van der Waals surface area contributed by atoms with Gasteiger partial charge in [-0.05, 0) is 18.9 Å². The summed E-state index contributed by atoms with van der Waals surface area (Å²) < 4.78 is 0. The Morgan fingerprint density at radius 3 is 2.20 bits per heavy atom. The van der Waals surface area contributed by atoms with Crippen molar-refractivity contribution in [1.29, 1.82) is 0 Å². The molecule has 10 heavy (non-hydrogen) atoms. The lowest BCUT2D eigenvalue weighted by Gasteiger charge is -2.13. The van der Waals surface area contributed by atoms with E-state index in [4.69, 9.17) is 0 Å². The van der Waals surface area contributed by atoms with E-state index in [1.807, 2.05) is 0 Å². The second kappa shape index (κ2) is 5.72. The van der Waals surface area contributed by atoms with Crippen LogP contribution in [-0.2, 0) is 0 Å². The first-order valence-electron chi connectivity index (χ1n) is 4.40. The zero-order chi connectivity index (χ0) is 7.98. The van der Waals surface area contributed by atoms with E-state index in [1.165, 1.54) is 19.4 Å². The summed E-state index contributed by atoms with van der Waals surface area (Å²) >= 11 is 0. The average Bonchev–Trinajstić information content (AvgIpc) is 1.85. The number of hydrogen-bond acceptors (Lipinski definition) is 1. The van der Waals surface area contributed by atoms with Crippen molar-refractivity contribution in [3.8, 4) is 0 Å². The van der Waals surface area contributed by atoms with Gasteiger partial charge in [0.05, 0.1) is 0 Å². The van der Waals surface area contributed by atoms with Gasteiger partial charge in [-0.2, -0.15) is 0 Å². The van der Waals surface area contributed by atoms with Crippen molar-refractivity contribution in [2.24, 2.45) is 5.92 Å². The third kappa shape index (κ3) is 6.09. The summed E-state index contributed by atoms with van der Waals surface area (Å²) in [6.07, 6.45) is 2.65. The van der Waals surface area contributed by atoms with Crippen LogP contribution in [0.4, 0.5) is 0 Å². The molecule has 0 aliphatic carbocycles. The molecule has 0 saturated heterocycles. The highest BCUT2D eigenvalue weighted by Gasteiger charge is 1.99. The molecule has 0 spiro atoms. The molecular weight excluding hydrogens is 122 g/mol. The zero-order valence-corrected chi connectivity index (χ0v) is 7.78. The van der Waals surface area contributed by atoms with Gasteiger partial charge in [-0.1, -0.05) is 34.1 Å². The highest BCUT2D eigenvalue weighted by molar-refractivity contribution is 4.58. The summed E-state index contributed by atoms with van der Waals surface area (Å²) in [4.78, 5) is 0. The lowest BCUT2D eigenvalue weighted by Crippen LogP contribution is -2.27. The molecule has 0 aromatic heterocycles. The maximum atomic E-state index is 3.43. The first-order chi connectivity index (χ1) is 4.66. The van der Waals surface area contributed by atoms with Crippen LogP contribution in [0.5, 0.6) is 0 Å². The molecule has 0 fully saturated rings. The van der Waals surface area contributed by atoms with Gasteiger partial charge in [0, 0.05) is 6.04 Å². The molecule has 0 bridgehead atoms. The molecule has 0 aromatic carbocycles. The molecule has 1 N–H and O–H groups in total. The molecule has 0 amide bonds. The molecule has 1 nitrogen and oxygen atoms in total. The summed E-state index contributed by atoms with van der Waals surface area (Å²) in [7, 11) is 0. The van der Waals surface area contributed by atoms with Crippen LogP contribution in [0.3, 0.4) is 0 Å². The zero-order valence-electron chi connectivity index (χ0n) is 7.78. The van der Waals surface area contributed by atoms with Crippen molar-refractivity contribution in [1.82, 2.24) is 5.32 Å². The van der Waals surface area contributed by atoms with Gasteiger partial charge in [0.2, 0.25) is 0 Å². The second-order valence-corrected chi connectivity index (χ2v) is 3.46. The molecule has 0 unspecified atom stereocenters. The van der Waals surface area contributed by atoms with Gasteiger partial charge in [-0.15, -0.1) is 0 Å². The molecule has 0 aromatic rings. The monoisotopic (exact) mass is 143 g/mol. The predicted octanol–water partition coefficient (Wildman–Crippen LogP) is 2.42. The van der Waals surface area contributed by atoms with E-state index >= 15 is 0 Å². The first-order valence-corrected chi connectivity index (χ1v) is 4.40. The lowest BCUT2D eigenvalue weighted by atomic mass is 10.1. The average molecular weight is 143 g/mol. The van der Waals surface area contributed by atoms with E-state index in [1.54, 1.807) is 0 Å². The van der Waals surface area contributed by atoms with Gasteiger partial charge in [0.25, 0.3) is 0 Å². The van der Waals surface area contributed by atoms with Crippen molar-refractivity contribution in [3.05, 3.63) is 0 Å². The molecule has 0 aliphatic heterocycles. The lowest BCUT2D eigenvalue weighted by molar-refractivity contribution is 0.450. The van der Waals surface area contributed by atoms with Crippen molar-refractivity contribution >= 4 is 0 Å². The fourth-order valence-electron chi connectivity index (χ4n) is 1.03. The van der Waals surface area contributed by atoms with E-state index in [-0.39, 0.29) is 0 Å². The van der Waals surface area contributed by atoms with Crippen LogP contribution in [0.25, 0.3) is 0 Å². The van der Waals surface area contributed by atoms with Gasteiger partial charge in [-0.25, -0.2) is 0 Å². The molecule has 0 radical (unpaired) electrons. The maximum absolute atomic E-state index is 3.43. The van der Waals surface area contributed by atoms with Crippen molar-refractivity contribution < 1.29 is 0 Å². The van der Waals surface area contributed by atoms with Gasteiger partial charge in [0.15, 0.2) is 0 Å². The Morgan fingerprint density at radius 1 is 1.20 bits per heavy atom. The Hall–Kier alpha value is -0.0400. The van der Waals surface area contributed by atoms with Crippen LogP contribution >= 0.6 is 0 Å². The highest BCUT2D eigenvalue weighted by atomic mass is 14.9. The quantitative estimate of drug-likeness (QED) is 0.623. The SMILES string of the molecule is CCC[C@@H](C)CNC(C)C. The molecule has 0 rings (SSSR count). The van der Waals surface area contributed by atoms with E-state index in [9.17, 15) is 0 Å². The van der Waals surface area contributed by atoms with Crippen LogP contribution in [0.15, 0.2) is 0 Å². The minimum atomic E-state index is 0.638. The van der Waals surface area contributed by atoms with Crippen LogP contribution in [-0.4, -0.2) is 12.6 Å². The van der Waals surface area contributed by atoms with Gasteiger partial charge in [0.1, 0.15) is 0 Å². The molecule has 0 aliphatic rings. The Bertz CT molecular complexity index is 69.1. The Labute approximate surface area is 65.2 Å². The Balaban J connectivity index is 3.12. The Morgan fingerprint density at radius 2 is 1.80 bits per heavy atom. The van der Waals surface area contributed by atoms with Crippen LogP contribution in [0, 0.1) is 5.92 Å². The summed E-state index contributed by atoms with van der Waals surface area (Å²) in [6, 6.07) is 0.638. The van der Waals surface area contributed by atoms with Crippen LogP contribution in [0.1, 0.15) is 40.5 Å². The van der Waals surface area contributed by atoms with Gasteiger partial charge < -0.3 is 5.32 Å².